The first-order valence-corrected chi connectivity index (χ1v) is 7.11. The summed E-state index contributed by atoms with van der Waals surface area (Å²) in [7, 11) is 1.97. The molecule has 1 fully saturated rings. The maximum absolute atomic E-state index is 10.9. The highest BCUT2D eigenvalue weighted by molar-refractivity contribution is 5.24. The standard InChI is InChI=1S/C16H25NO/c1-16(18,14-11-7-4-8-12-14)15(17-2)13-9-5-3-6-10-13/h4,7-8,11-13,15,17-18H,3,5-6,9-10H2,1-2H3/t15-,16+/m0/s1. The van der Waals surface area contributed by atoms with Gasteiger partial charge in [0.1, 0.15) is 5.60 Å². The largest absolute Gasteiger partial charge is 0.384 e. The Bertz CT molecular complexity index is 355. The van der Waals surface area contributed by atoms with Crippen LogP contribution in [0.1, 0.15) is 44.6 Å². The Morgan fingerprint density at radius 3 is 2.33 bits per heavy atom. The van der Waals surface area contributed by atoms with E-state index in [0.29, 0.717) is 5.92 Å². The normalized spacial score (nSPS) is 22.4. The summed E-state index contributed by atoms with van der Waals surface area (Å²) in [6.07, 6.45) is 6.41. The van der Waals surface area contributed by atoms with E-state index in [-0.39, 0.29) is 6.04 Å². The highest BCUT2D eigenvalue weighted by atomic mass is 16.3. The molecule has 0 unspecified atom stereocenters. The topological polar surface area (TPSA) is 32.3 Å². The third-order valence-electron chi connectivity index (χ3n) is 4.40. The van der Waals surface area contributed by atoms with Gasteiger partial charge in [0, 0.05) is 6.04 Å². The van der Waals surface area contributed by atoms with Gasteiger partial charge in [-0.15, -0.1) is 0 Å². The molecule has 100 valence electrons. The van der Waals surface area contributed by atoms with Crippen molar-refractivity contribution in [3.05, 3.63) is 35.9 Å². The van der Waals surface area contributed by atoms with Crippen molar-refractivity contribution in [3.63, 3.8) is 0 Å². The Morgan fingerprint density at radius 2 is 1.78 bits per heavy atom. The summed E-state index contributed by atoms with van der Waals surface area (Å²) in [5.74, 6) is 0.582. The zero-order chi connectivity index (χ0) is 13.0. The lowest BCUT2D eigenvalue weighted by molar-refractivity contribution is -0.0113. The van der Waals surface area contributed by atoms with E-state index in [2.05, 4.69) is 5.32 Å². The Kier molecular flexibility index (Phi) is 4.41. The molecule has 0 amide bonds. The quantitative estimate of drug-likeness (QED) is 0.857. The molecular weight excluding hydrogens is 222 g/mol. The molecule has 0 aliphatic heterocycles. The first kappa shape index (κ1) is 13.6. The third-order valence-corrected chi connectivity index (χ3v) is 4.40. The molecule has 0 bridgehead atoms. The smallest absolute Gasteiger partial charge is 0.102 e. The molecule has 1 aliphatic carbocycles. The van der Waals surface area contributed by atoms with Crippen molar-refractivity contribution in [3.8, 4) is 0 Å². The van der Waals surface area contributed by atoms with Crippen molar-refractivity contribution in [1.29, 1.82) is 0 Å². The maximum Gasteiger partial charge on any atom is 0.102 e. The van der Waals surface area contributed by atoms with Gasteiger partial charge in [-0.05, 0) is 38.3 Å². The van der Waals surface area contributed by atoms with Gasteiger partial charge in [-0.2, -0.15) is 0 Å². The van der Waals surface area contributed by atoms with Crippen molar-refractivity contribution in [2.45, 2.75) is 50.7 Å². The van der Waals surface area contributed by atoms with Crippen LogP contribution in [-0.4, -0.2) is 18.2 Å². The summed E-state index contributed by atoms with van der Waals surface area (Å²) in [5.41, 5.74) is 0.216. The van der Waals surface area contributed by atoms with Gasteiger partial charge in [-0.25, -0.2) is 0 Å². The molecule has 0 heterocycles. The molecule has 2 N–H and O–H groups in total. The van der Waals surface area contributed by atoms with Crippen LogP contribution in [0, 0.1) is 5.92 Å². The lowest BCUT2D eigenvalue weighted by atomic mass is 9.75. The van der Waals surface area contributed by atoms with Gasteiger partial charge >= 0.3 is 0 Å². The third kappa shape index (κ3) is 2.76. The Balaban J connectivity index is 2.19. The molecule has 0 aromatic heterocycles. The second-order valence-corrected chi connectivity index (χ2v) is 5.68. The highest BCUT2D eigenvalue weighted by Gasteiger charge is 2.38. The molecule has 1 aromatic rings. The van der Waals surface area contributed by atoms with Crippen LogP contribution in [0.3, 0.4) is 0 Å². The minimum absolute atomic E-state index is 0.139. The first-order valence-electron chi connectivity index (χ1n) is 7.11. The Labute approximate surface area is 110 Å². The van der Waals surface area contributed by atoms with Crippen LogP contribution >= 0.6 is 0 Å². The zero-order valence-corrected chi connectivity index (χ0v) is 11.5. The minimum Gasteiger partial charge on any atom is -0.384 e. The van der Waals surface area contributed by atoms with Crippen molar-refractivity contribution in [2.24, 2.45) is 5.92 Å². The van der Waals surface area contributed by atoms with Gasteiger partial charge in [0.2, 0.25) is 0 Å². The van der Waals surface area contributed by atoms with Crippen LogP contribution in [0.25, 0.3) is 0 Å². The predicted molar refractivity (Wildman–Crippen MR) is 75.4 cm³/mol. The number of rotatable bonds is 4. The van der Waals surface area contributed by atoms with Gasteiger partial charge in [0.15, 0.2) is 0 Å². The summed E-state index contributed by atoms with van der Waals surface area (Å²) in [4.78, 5) is 0. The number of hydrogen-bond acceptors (Lipinski definition) is 2. The van der Waals surface area contributed by atoms with Gasteiger partial charge in [-0.3, -0.25) is 0 Å². The lowest BCUT2D eigenvalue weighted by Gasteiger charge is -2.40. The van der Waals surface area contributed by atoms with Crippen LogP contribution in [0.2, 0.25) is 0 Å². The molecule has 0 saturated heterocycles. The van der Waals surface area contributed by atoms with Gasteiger partial charge < -0.3 is 10.4 Å². The highest BCUT2D eigenvalue weighted by Crippen LogP contribution is 2.35. The van der Waals surface area contributed by atoms with E-state index in [9.17, 15) is 5.11 Å². The van der Waals surface area contributed by atoms with Crippen LogP contribution in [0.15, 0.2) is 30.3 Å². The van der Waals surface area contributed by atoms with Crippen LogP contribution in [0.5, 0.6) is 0 Å². The van der Waals surface area contributed by atoms with Crippen molar-refractivity contribution < 1.29 is 5.11 Å². The molecule has 2 atom stereocenters. The Morgan fingerprint density at radius 1 is 1.17 bits per heavy atom. The van der Waals surface area contributed by atoms with Crippen LogP contribution in [-0.2, 0) is 5.60 Å². The Hall–Kier alpha value is -0.860. The van der Waals surface area contributed by atoms with Gasteiger partial charge in [-0.1, -0.05) is 49.6 Å². The summed E-state index contributed by atoms with van der Waals surface area (Å²) >= 11 is 0. The van der Waals surface area contributed by atoms with Gasteiger partial charge in [0.25, 0.3) is 0 Å². The lowest BCUT2D eigenvalue weighted by Crippen LogP contribution is -2.50. The number of aliphatic hydroxyl groups is 1. The zero-order valence-electron chi connectivity index (χ0n) is 11.5. The second kappa shape index (κ2) is 5.85. The molecule has 1 aliphatic rings. The molecule has 18 heavy (non-hydrogen) atoms. The fraction of sp³-hybridized carbons (Fsp3) is 0.625. The van der Waals surface area contributed by atoms with E-state index < -0.39 is 5.60 Å². The fourth-order valence-electron chi connectivity index (χ4n) is 3.40. The fourth-order valence-corrected chi connectivity index (χ4v) is 3.40. The monoisotopic (exact) mass is 247 g/mol. The van der Waals surface area contributed by atoms with E-state index in [4.69, 9.17) is 0 Å². The molecule has 2 nitrogen and oxygen atoms in total. The van der Waals surface area contributed by atoms with E-state index in [1.807, 2.05) is 44.3 Å². The summed E-state index contributed by atoms with van der Waals surface area (Å²) in [6.45, 7) is 1.94. The van der Waals surface area contributed by atoms with Crippen LogP contribution in [0.4, 0.5) is 0 Å². The average Bonchev–Trinajstić information content (AvgIpc) is 2.41. The molecule has 1 saturated carbocycles. The van der Waals surface area contributed by atoms with Crippen LogP contribution < -0.4 is 5.32 Å². The number of nitrogens with one attached hydrogen (secondary N) is 1. The van der Waals surface area contributed by atoms with E-state index in [0.717, 1.165) is 5.56 Å². The molecule has 0 spiro atoms. The molecule has 1 aromatic carbocycles. The van der Waals surface area contributed by atoms with E-state index >= 15 is 0 Å². The first-order chi connectivity index (χ1) is 8.66. The van der Waals surface area contributed by atoms with Gasteiger partial charge in [0.05, 0.1) is 0 Å². The SMILES string of the molecule is CN[C@@H](C1CCCCC1)[C@](C)(O)c1ccccc1. The van der Waals surface area contributed by atoms with Crippen molar-refractivity contribution >= 4 is 0 Å². The average molecular weight is 247 g/mol. The maximum atomic E-state index is 10.9. The number of hydrogen-bond donors (Lipinski definition) is 2. The number of benzene rings is 1. The number of likely N-dealkylation sites (N-methyl/N-ethyl adjacent to an activating group) is 1. The second-order valence-electron chi connectivity index (χ2n) is 5.68. The molecule has 0 radical (unpaired) electrons. The van der Waals surface area contributed by atoms with Crippen molar-refractivity contribution in [2.75, 3.05) is 7.05 Å². The summed E-state index contributed by atoms with van der Waals surface area (Å²) in [6, 6.07) is 10.2. The molecule has 2 heteroatoms. The van der Waals surface area contributed by atoms with E-state index in [1.165, 1.54) is 32.1 Å². The van der Waals surface area contributed by atoms with E-state index in [1.54, 1.807) is 0 Å². The van der Waals surface area contributed by atoms with Crippen molar-refractivity contribution in [1.82, 2.24) is 5.32 Å². The summed E-state index contributed by atoms with van der Waals surface area (Å²) in [5, 5.41) is 14.3. The molecular formula is C16H25NO. The molecule has 2 rings (SSSR count). The summed E-state index contributed by atoms with van der Waals surface area (Å²) < 4.78 is 0. The minimum atomic E-state index is -0.794. The predicted octanol–water partition coefficient (Wildman–Crippen LogP) is 3.06.